The van der Waals surface area contributed by atoms with Gasteiger partial charge in [-0.25, -0.2) is 13.4 Å². The topological polar surface area (TPSA) is 88.4 Å². The fraction of sp³-hybridized carbons (Fsp3) is 0.500. The number of nitrogens with zero attached hydrogens (tertiary/aromatic N) is 5. The molecule has 2 aromatic heterocycles. The molecule has 1 saturated heterocycles. The van der Waals surface area contributed by atoms with Crippen molar-refractivity contribution in [3.05, 3.63) is 52.8 Å². The molecular formula is C26H33N5O3S. The number of benzene rings is 1. The maximum Gasteiger partial charge on any atom is 0.254 e. The number of sulfonamides is 1. The third-order valence-electron chi connectivity index (χ3n) is 7.44. The Morgan fingerprint density at radius 2 is 1.77 bits per heavy atom. The first-order valence-electron chi connectivity index (χ1n) is 12.4. The quantitative estimate of drug-likeness (QED) is 0.519. The molecule has 5 rings (SSSR count). The van der Waals surface area contributed by atoms with Crippen LogP contribution in [0.5, 0.6) is 0 Å². The Balaban J connectivity index is 1.34. The average Bonchev–Trinajstić information content (AvgIpc) is 3.68. The highest BCUT2D eigenvalue weighted by Crippen LogP contribution is 2.40. The zero-order valence-electron chi connectivity index (χ0n) is 20.9. The predicted octanol–water partition coefficient (Wildman–Crippen LogP) is 3.81. The number of rotatable bonds is 6. The molecule has 1 atom stereocenters. The smallest absolute Gasteiger partial charge is 0.254 e. The summed E-state index contributed by atoms with van der Waals surface area (Å²) >= 11 is 0. The summed E-state index contributed by atoms with van der Waals surface area (Å²) in [6.45, 7) is 7.41. The highest BCUT2D eigenvalue weighted by atomic mass is 32.2. The first-order valence-corrected chi connectivity index (χ1v) is 13.9. The number of carbonyl (C=O) groups is 1. The summed E-state index contributed by atoms with van der Waals surface area (Å²) in [4.78, 5) is 20.5. The van der Waals surface area contributed by atoms with Gasteiger partial charge in [-0.2, -0.15) is 9.40 Å². The standard InChI is InChI=1S/C26H33N5O3S/c1-5-17(2)19-8-10-21(11-9-19)35(33,34)31-14-12-30(13-15-31)26(32)22-16-23(20-6-7-20)27-25-24(22)18(3)28-29(25)4/h8-11,16-17,20H,5-7,12-15H2,1-4H3. The van der Waals surface area contributed by atoms with Crippen LogP contribution in [0.4, 0.5) is 0 Å². The molecule has 0 spiro atoms. The van der Waals surface area contributed by atoms with Gasteiger partial charge >= 0.3 is 0 Å². The van der Waals surface area contributed by atoms with Crippen molar-refractivity contribution < 1.29 is 13.2 Å². The van der Waals surface area contributed by atoms with E-state index in [1.165, 1.54) is 4.31 Å². The van der Waals surface area contributed by atoms with Gasteiger partial charge in [0.05, 0.1) is 21.5 Å². The molecule has 1 aliphatic heterocycles. The number of pyridine rings is 1. The van der Waals surface area contributed by atoms with E-state index in [0.29, 0.717) is 35.4 Å². The summed E-state index contributed by atoms with van der Waals surface area (Å²) < 4.78 is 29.7. The summed E-state index contributed by atoms with van der Waals surface area (Å²) in [6, 6.07) is 9.14. The number of amides is 1. The lowest BCUT2D eigenvalue weighted by Crippen LogP contribution is -2.50. The van der Waals surface area contributed by atoms with E-state index in [0.717, 1.165) is 47.2 Å². The van der Waals surface area contributed by atoms with E-state index in [1.807, 2.05) is 32.2 Å². The fourth-order valence-corrected chi connectivity index (χ4v) is 6.30. The Morgan fingerprint density at radius 3 is 2.37 bits per heavy atom. The van der Waals surface area contributed by atoms with Gasteiger partial charge in [-0.3, -0.25) is 9.48 Å². The summed E-state index contributed by atoms with van der Waals surface area (Å²) in [7, 11) is -1.75. The van der Waals surface area contributed by atoms with Crippen LogP contribution in [0, 0.1) is 6.92 Å². The van der Waals surface area contributed by atoms with Gasteiger partial charge in [-0.1, -0.05) is 26.0 Å². The number of aryl methyl sites for hydroxylation is 2. The third kappa shape index (κ3) is 4.36. The normalized spacial score (nSPS) is 18.2. The lowest BCUT2D eigenvalue weighted by molar-refractivity contribution is 0.0699. The van der Waals surface area contributed by atoms with Crippen LogP contribution in [0.1, 0.15) is 72.3 Å². The molecule has 186 valence electrons. The Labute approximate surface area is 207 Å². The van der Waals surface area contributed by atoms with Crippen molar-refractivity contribution in [2.24, 2.45) is 7.05 Å². The van der Waals surface area contributed by atoms with Crippen molar-refractivity contribution in [2.45, 2.75) is 56.8 Å². The van der Waals surface area contributed by atoms with Crippen molar-refractivity contribution in [3.8, 4) is 0 Å². The highest BCUT2D eigenvalue weighted by Gasteiger charge is 2.33. The minimum atomic E-state index is -3.60. The van der Waals surface area contributed by atoms with E-state index in [9.17, 15) is 13.2 Å². The summed E-state index contributed by atoms with van der Waals surface area (Å²) in [5, 5.41) is 5.29. The Kier molecular flexibility index (Phi) is 6.17. The maximum atomic E-state index is 13.6. The van der Waals surface area contributed by atoms with E-state index < -0.39 is 10.0 Å². The zero-order valence-corrected chi connectivity index (χ0v) is 21.7. The Bertz CT molecular complexity index is 1370. The van der Waals surface area contributed by atoms with Crippen LogP contribution >= 0.6 is 0 Å². The van der Waals surface area contributed by atoms with Gasteiger partial charge in [-0.05, 0) is 55.9 Å². The molecule has 1 saturated carbocycles. The van der Waals surface area contributed by atoms with Crippen molar-refractivity contribution in [1.82, 2.24) is 24.0 Å². The number of hydrogen-bond donors (Lipinski definition) is 0. The third-order valence-corrected chi connectivity index (χ3v) is 9.35. The molecule has 1 amide bonds. The zero-order chi connectivity index (χ0) is 24.9. The molecule has 1 aromatic carbocycles. The van der Waals surface area contributed by atoms with Crippen LogP contribution < -0.4 is 0 Å². The number of carbonyl (C=O) groups excluding carboxylic acids is 1. The van der Waals surface area contributed by atoms with Crippen LogP contribution in [0.25, 0.3) is 11.0 Å². The first kappa shape index (κ1) is 23.9. The lowest BCUT2D eigenvalue weighted by Gasteiger charge is -2.34. The van der Waals surface area contributed by atoms with Gasteiger partial charge in [0.15, 0.2) is 5.65 Å². The second kappa shape index (κ2) is 9.02. The van der Waals surface area contributed by atoms with Crippen molar-refractivity contribution in [3.63, 3.8) is 0 Å². The van der Waals surface area contributed by atoms with Crippen LogP contribution in [0.15, 0.2) is 35.2 Å². The van der Waals surface area contributed by atoms with Crippen molar-refractivity contribution >= 4 is 27.0 Å². The first-order chi connectivity index (χ1) is 16.7. The molecule has 1 unspecified atom stereocenters. The van der Waals surface area contributed by atoms with Gasteiger partial charge in [0.2, 0.25) is 10.0 Å². The monoisotopic (exact) mass is 495 g/mol. The van der Waals surface area contributed by atoms with E-state index in [2.05, 4.69) is 18.9 Å². The second-order valence-electron chi connectivity index (χ2n) is 9.85. The number of hydrogen-bond acceptors (Lipinski definition) is 5. The van der Waals surface area contributed by atoms with Gasteiger partial charge in [0, 0.05) is 44.8 Å². The Hall–Kier alpha value is -2.78. The Morgan fingerprint density at radius 1 is 1.11 bits per heavy atom. The van der Waals surface area contributed by atoms with Gasteiger partial charge in [-0.15, -0.1) is 0 Å². The minimum Gasteiger partial charge on any atom is -0.336 e. The molecule has 1 aliphatic carbocycles. The van der Waals surface area contributed by atoms with E-state index in [1.54, 1.807) is 21.7 Å². The molecule has 35 heavy (non-hydrogen) atoms. The van der Waals surface area contributed by atoms with Crippen LogP contribution in [0.2, 0.25) is 0 Å². The van der Waals surface area contributed by atoms with E-state index >= 15 is 0 Å². The molecule has 0 bridgehead atoms. The predicted molar refractivity (Wildman–Crippen MR) is 135 cm³/mol. The molecule has 0 radical (unpaired) electrons. The molecule has 0 N–H and O–H groups in total. The maximum absolute atomic E-state index is 13.6. The van der Waals surface area contributed by atoms with E-state index in [4.69, 9.17) is 4.98 Å². The molecule has 3 heterocycles. The van der Waals surface area contributed by atoms with Gasteiger partial charge < -0.3 is 4.90 Å². The largest absolute Gasteiger partial charge is 0.336 e. The van der Waals surface area contributed by atoms with Crippen LogP contribution in [-0.2, 0) is 17.1 Å². The van der Waals surface area contributed by atoms with Gasteiger partial charge in [0.1, 0.15) is 0 Å². The molecular weight excluding hydrogens is 462 g/mol. The SMILES string of the molecule is CCC(C)c1ccc(S(=O)(=O)N2CCN(C(=O)c3cc(C4CC4)nc4c3c(C)nn4C)CC2)cc1. The minimum absolute atomic E-state index is 0.0784. The summed E-state index contributed by atoms with van der Waals surface area (Å²) in [5.74, 6) is 0.727. The number of fused-ring (bicyclic) bond motifs is 1. The number of aromatic nitrogens is 3. The van der Waals surface area contributed by atoms with Crippen molar-refractivity contribution in [2.75, 3.05) is 26.2 Å². The highest BCUT2D eigenvalue weighted by molar-refractivity contribution is 7.89. The van der Waals surface area contributed by atoms with E-state index in [-0.39, 0.29) is 19.0 Å². The number of piperazine rings is 1. The fourth-order valence-electron chi connectivity index (χ4n) is 4.88. The molecule has 8 nitrogen and oxygen atoms in total. The molecule has 3 aromatic rings. The second-order valence-corrected chi connectivity index (χ2v) is 11.8. The summed E-state index contributed by atoms with van der Waals surface area (Å²) in [6.07, 6.45) is 3.20. The summed E-state index contributed by atoms with van der Waals surface area (Å²) in [5.41, 5.74) is 4.23. The molecule has 9 heteroatoms. The lowest BCUT2D eigenvalue weighted by atomic mass is 9.99. The van der Waals surface area contributed by atoms with Crippen LogP contribution in [-0.4, -0.2) is 64.5 Å². The molecule has 2 fully saturated rings. The average molecular weight is 496 g/mol. The van der Waals surface area contributed by atoms with Crippen LogP contribution in [0.3, 0.4) is 0 Å². The molecule has 2 aliphatic rings. The van der Waals surface area contributed by atoms with Gasteiger partial charge in [0.25, 0.3) is 5.91 Å². The van der Waals surface area contributed by atoms with Crippen molar-refractivity contribution in [1.29, 1.82) is 0 Å².